The first-order valence-electron chi connectivity index (χ1n) is 5.72. The molecule has 3 N–H and O–H groups in total. The first-order chi connectivity index (χ1) is 9.08. The third-order valence-electron chi connectivity index (χ3n) is 2.54. The summed E-state index contributed by atoms with van der Waals surface area (Å²) in [7, 11) is 0. The van der Waals surface area contributed by atoms with Crippen molar-refractivity contribution < 1.29 is 9.66 Å². The molecule has 1 aromatic heterocycles. The molecule has 0 aliphatic carbocycles. The number of hydrogen-bond acceptors (Lipinski definition) is 5. The number of benzene rings is 1. The second kappa shape index (κ2) is 6.01. The Kier molecular flexibility index (Phi) is 4.36. The van der Waals surface area contributed by atoms with Crippen LogP contribution in [0.15, 0.2) is 30.3 Å². The summed E-state index contributed by atoms with van der Waals surface area (Å²) in [6.45, 7) is -0.00185. The summed E-state index contributed by atoms with van der Waals surface area (Å²) in [5.41, 5.74) is 8.03. The lowest BCUT2D eigenvalue weighted by Crippen LogP contribution is -2.06. The normalized spacial score (nSPS) is 12.4. The number of nitrogens with zero attached hydrogens (tertiary/aromatic N) is 2. The fourth-order valence-electron chi connectivity index (χ4n) is 1.69. The third kappa shape index (κ3) is 3.66. The minimum Gasteiger partial charge on any atom is -0.616 e. The summed E-state index contributed by atoms with van der Waals surface area (Å²) in [4.78, 5) is 8.52. The fourth-order valence-corrected chi connectivity index (χ4v) is 2.25. The zero-order valence-electron chi connectivity index (χ0n) is 10.5. The van der Waals surface area contributed by atoms with Gasteiger partial charge >= 0.3 is 0 Å². The predicted octanol–water partition coefficient (Wildman–Crippen LogP) is 1.10. The molecule has 0 radical (unpaired) electrons. The molecule has 1 heterocycles. The highest BCUT2D eigenvalue weighted by atomic mass is 32.2. The molecule has 100 valence electrons. The van der Waals surface area contributed by atoms with E-state index < -0.39 is 11.2 Å². The van der Waals surface area contributed by atoms with Gasteiger partial charge in [-0.3, -0.25) is 0 Å². The van der Waals surface area contributed by atoms with Crippen LogP contribution >= 0.6 is 0 Å². The van der Waals surface area contributed by atoms with Crippen LogP contribution in [0.5, 0.6) is 0 Å². The molecule has 1 aromatic carbocycles. The van der Waals surface area contributed by atoms with Crippen molar-refractivity contribution in [1.82, 2.24) is 9.97 Å². The molecule has 0 spiro atoms. The summed E-state index contributed by atoms with van der Waals surface area (Å²) < 4.78 is 11.2. The zero-order chi connectivity index (χ0) is 13.8. The molecule has 2 rings (SSSR count). The van der Waals surface area contributed by atoms with E-state index in [1.165, 1.54) is 0 Å². The Bertz CT molecular complexity index is 558. The van der Waals surface area contributed by atoms with E-state index in [0.717, 1.165) is 11.1 Å². The van der Waals surface area contributed by atoms with Crippen molar-refractivity contribution in [3.05, 3.63) is 41.6 Å². The molecule has 0 saturated heterocycles. The van der Waals surface area contributed by atoms with Gasteiger partial charge in [0.2, 0.25) is 0 Å². The van der Waals surface area contributed by atoms with E-state index in [1.807, 2.05) is 12.1 Å². The highest BCUT2D eigenvalue weighted by molar-refractivity contribution is 7.89. The quantitative estimate of drug-likeness (QED) is 0.816. The molecule has 0 bridgehead atoms. The molecule has 5 nitrogen and oxygen atoms in total. The number of anilines is 1. The number of nitrogens with two attached hydrogens (primary N) is 1. The van der Waals surface area contributed by atoms with E-state index >= 15 is 0 Å². The highest BCUT2D eigenvalue weighted by Crippen LogP contribution is 2.18. The average Bonchev–Trinajstić information content (AvgIpc) is 2.37. The maximum absolute atomic E-state index is 11.2. The number of rotatable bonds is 4. The summed E-state index contributed by atoms with van der Waals surface area (Å²) in [6.07, 6.45) is 1.62. The maximum Gasteiger partial charge on any atom is 0.161 e. The van der Waals surface area contributed by atoms with E-state index in [1.54, 1.807) is 24.5 Å². The molecule has 0 aliphatic rings. The predicted molar refractivity (Wildman–Crippen MR) is 75.6 cm³/mol. The second-order valence-corrected chi connectivity index (χ2v) is 5.62. The van der Waals surface area contributed by atoms with Crippen LogP contribution in [0.3, 0.4) is 0 Å². The highest BCUT2D eigenvalue weighted by Gasteiger charge is 2.09. The van der Waals surface area contributed by atoms with E-state index in [9.17, 15) is 4.55 Å². The summed E-state index contributed by atoms with van der Waals surface area (Å²) in [5.74, 6) is 1.22. The van der Waals surface area contributed by atoms with E-state index in [0.29, 0.717) is 23.1 Å². The molecule has 0 saturated carbocycles. The van der Waals surface area contributed by atoms with Gasteiger partial charge in [0.15, 0.2) is 5.82 Å². The number of nitrogen functional groups attached to an aromatic ring is 1. The minimum atomic E-state index is -0.973. The number of hydrogen-bond donors (Lipinski definition) is 2. The van der Waals surface area contributed by atoms with Crippen LogP contribution < -0.4 is 5.73 Å². The lowest BCUT2D eigenvalue weighted by molar-refractivity contribution is 0.282. The Balaban J connectivity index is 2.34. The molecular weight excluding hydrogens is 262 g/mol. The van der Waals surface area contributed by atoms with Crippen molar-refractivity contribution in [2.75, 3.05) is 12.0 Å². The first-order valence-corrected chi connectivity index (χ1v) is 7.45. The summed E-state index contributed by atoms with van der Waals surface area (Å²) in [5, 5.41) is 9.00. The SMILES string of the molecule is C[S+]([O-])Cc1cc(N)nc(-c2ccc(CO)cc2)n1. The molecule has 2 aromatic rings. The molecule has 0 amide bonds. The van der Waals surface area contributed by atoms with Crippen LogP contribution in [0.2, 0.25) is 0 Å². The molecule has 0 fully saturated rings. The maximum atomic E-state index is 11.2. The number of aliphatic hydroxyl groups excluding tert-OH is 1. The van der Waals surface area contributed by atoms with Crippen LogP contribution in [0.25, 0.3) is 11.4 Å². The van der Waals surface area contributed by atoms with Crippen molar-refractivity contribution in [3.63, 3.8) is 0 Å². The first kappa shape index (κ1) is 13.8. The third-order valence-corrected chi connectivity index (χ3v) is 3.25. The van der Waals surface area contributed by atoms with Gasteiger partial charge in [-0.25, -0.2) is 9.97 Å². The van der Waals surface area contributed by atoms with Gasteiger partial charge < -0.3 is 15.4 Å². The molecular formula is C13H15N3O2S. The topological polar surface area (TPSA) is 95.1 Å². The monoisotopic (exact) mass is 277 g/mol. The molecule has 1 unspecified atom stereocenters. The summed E-state index contributed by atoms with van der Waals surface area (Å²) >= 11 is -0.973. The van der Waals surface area contributed by atoms with Crippen molar-refractivity contribution in [1.29, 1.82) is 0 Å². The van der Waals surface area contributed by atoms with Gasteiger partial charge in [-0.1, -0.05) is 35.4 Å². The van der Waals surface area contributed by atoms with Gasteiger partial charge in [-0.15, -0.1) is 0 Å². The Hall–Kier alpha value is -1.63. The van der Waals surface area contributed by atoms with Crippen molar-refractivity contribution in [2.45, 2.75) is 12.4 Å². The van der Waals surface area contributed by atoms with E-state index in [2.05, 4.69) is 9.97 Å². The average molecular weight is 277 g/mol. The van der Waals surface area contributed by atoms with Gasteiger partial charge in [0.05, 0.1) is 18.6 Å². The van der Waals surface area contributed by atoms with Crippen LogP contribution in [0.4, 0.5) is 5.82 Å². The van der Waals surface area contributed by atoms with E-state index in [-0.39, 0.29) is 6.61 Å². The van der Waals surface area contributed by atoms with Crippen molar-refractivity contribution >= 4 is 17.0 Å². The Labute approximate surface area is 114 Å². The van der Waals surface area contributed by atoms with Crippen LogP contribution in [0.1, 0.15) is 11.3 Å². The van der Waals surface area contributed by atoms with E-state index in [4.69, 9.17) is 10.8 Å². The van der Waals surface area contributed by atoms with Gasteiger partial charge in [0, 0.05) is 11.6 Å². The number of aromatic nitrogens is 2. The van der Waals surface area contributed by atoms with Gasteiger partial charge in [-0.2, -0.15) is 0 Å². The lowest BCUT2D eigenvalue weighted by Gasteiger charge is -2.07. The second-order valence-electron chi connectivity index (χ2n) is 4.18. The standard InChI is InChI=1S/C13H15N3O2S/c1-19(18)8-11-6-12(14)16-13(15-11)10-4-2-9(7-17)3-5-10/h2-6,17H,7-8H2,1H3,(H2,14,15,16). The largest absolute Gasteiger partial charge is 0.616 e. The fraction of sp³-hybridized carbons (Fsp3) is 0.231. The van der Waals surface area contributed by atoms with Crippen molar-refractivity contribution in [3.8, 4) is 11.4 Å². The lowest BCUT2D eigenvalue weighted by atomic mass is 10.1. The van der Waals surface area contributed by atoms with Crippen LogP contribution in [-0.4, -0.2) is 25.9 Å². The van der Waals surface area contributed by atoms with Crippen molar-refractivity contribution in [2.24, 2.45) is 0 Å². The Morgan fingerprint density at radius 1 is 1.26 bits per heavy atom. The smallest absolute Gasteiger partial charge is 0.161 e. The number of aliphatic hydroxyl groups is 1. The zero-order valence-corrected chi connectivity index (χ0v) is 11.4. The molecule has 19 heavy (non-hydrogen) atoms. The summed E-state index contributed by atoms with van der Waals surface area (Å²) in [6, 6.07) is 8.89. The van der Waals surface area contributed by atoms with Crippen LogP contribution in [-0.2, 0) is 23.5 Å². The Morgan fingerprint density at radius 2 is 1.95 bits per heavy atom. The molecule has 1 atom stereocenters. The van der Waals surface area contributed by atoms with Gasteiger partial charge in [-0.05, 0) is 5.56 Å². The van der Waals surface area contributed by atoms with Gasteiger partial charge in [0.1, 0.15) is 11.6 Å². The van der Waals surface area contributed by atoms with Crippen LogP contribution in [0, 0.1) is 0 Å². The molecule has 6 heteroatoms. The minimum absolute atomic E-state index is 0.00185. The van der Waals surface area contributed by atoms with Gasteiger partial charge in [0.25, 0.3) is 0 Å². The molecule has 0 aliphatic heterocycles. The Morgan fingerprint density at radius 3 is 2.53 bits per heavy atom.